The highest BCUT2D eigenvalue weighted by Crippen LogP contribution is 2.25. The number of ether oxygens (including phenoxy) is 1. The van der Waals surface area contributed by atoms with Gasteiger partial charge in [-0.1, -0.05) is 0 Å². The van der Waals surface area contributed by atoms with Gasteiger partial charge in [0.05, 0.1) is 19.2 Å². The number of piperidine rings is 1. The predicted molar refractivity (Wildman–Crippen MR) is 85.1 cm³/mol. The molecule has 26 heavy (non-hydrogen) atoms. The molecule has 0 amide bonds. The first-order chi connectivity index (χ1) is 12.0. The Bertz CT molecular complexity index is 724. The van der Waals surface area contributed by atoms with Crippen molar-refractivity contribution in [1.82, 2.24) is 9.62 Å². The highest BCUT2D eigenvalue weighted by Gasteiger charge is 2.34. The van der Waals surface area contributed by atoms with Crippen molar-refractivity contribution in [2.75, 3.05) is 26.7 Å². The maximum Gasteiger partial charge on any atom is 0.401 e. The fraction of sp³-hybridized carbons (Fsp3) is 0.667. The summed E-state index contributed by atoms with van der Waals surface area (Å²) in [6, 6.07) is 0.576. The van der Waals surface area contributed by atoms with Crippen LogP contribution < -0.4 is 4.72 Å². The Morgan fingerprint density at radius 2 is 2.04 bits per heavy atom. The van der Waals surface area contributed by atoms with Crippen molar-refractivity contribution < 1.29 is 35.5 Å². The lowest BCUT2D eigenvalue weighted by Gasteiger charge is -2.35. The molecular formula is C15H21F3N2O5S. The van der Waals surface area contributed by atoms with Crippen LogP contribution in [-0.2, 0) is 14.8 Å². The van der Waals surface area contributed by atoms with Crippen molar-refractivity contribution in [2.45, 2.75) is 37.1 Å². The molecule has 2 rings (SSSR count). The first-order valence-electron chi connectivity index (χ1n) is 8.00. The van der Waals surface area contributed by atoms with Crippen molar-refractivity contribution in [2.24, 2.45) is 5.92 Å². The molecular weight excluding hydrogens is 377 g/mol. The summed E-state index contributed by atoms with van der Waals surface area (Å²) in [6.45, 7) is 1.21. The summed E-state index contributed by atoms with van der Waals surface area (Å²) in [6.07, 6.45) is -2.35. The van der Waals surface area contributed by atoms with Crippen molar-refractivity contribution in [3.8, 4) is 0 Å². The monoisotopic (exact) mass is 398 g/mol. The maximum absolute atomic E-state index is 12.4. The number of carbonyl (C=O) groups excluding carboxylic acids is 1. The number of halogens is 3. The van der Waals surface area contributed by atoms with E-state index in [1.165, 1.54) is 4.90 Å². The van der Waals surface area contributed by atoms with Crippen LogP contribution in [0.1, 0.15) is 30.1 Å². The van der Waals surface area contributed by atoms with E-state index in [1.807, 2.05) is 0 Å². The van der Waals surface area contributed by atoms with Gasteiger partial charge in [-0.3, -0.25) is 4.90 Å². The normalized spacial score (nSPS) is 18.7. The second-order valence-electron chi connectivity index (χ2n) is 6.28. The summed E-state index contributed by atoms with van der Waals surface area (Å²) in [5.41, 5.74) is -0.0269. The molecule has 0 saturated carbocycles. The SMILES string of the molecule is COC(=O)c1coc(S(=O)(=O)N[C@H](C)C2CCN(CC(F)(F)F)CC2)c1. The molecule has 0 aliphatic carbocycles. The number of nitrogens with zero attached hydrogens (tertiary/aromatic N) is 1. The van der Waals surface area contributed by atoms with E-state index in [-0.39, 0.29) is 24.6 Å². The van der Waals surface area contributed by atoms with Gasteiger partial charge in [0.2, 0.25) is 5.09 Å². The number of rotatable bonds is 6. The highest BCUT2D eigenvalue weighted by molar-refractivity contribution is 7.89. The molecule has 0 spiro atoms. The zero-order valence-electron chi connectivity index (χ0n) is 14.4. The Morgan fingerprint density at radius 1 is 1.42 bits per heavy atom. The summed E-state index contributed by atoms with van der Waals surface area (Å²) in [7, 11) is -2.83. The van der Waals surface area contributed by atoms with Crippen molar-refractivity contribution in [1.29, 1.82) is 0 Å². The van der Waals surface area contributed by atoms with Gasteiger partial charge in [-0.2, -0.15) is 13.2 Å². The summed E-state index contributed by atoms with van der Waals surface area (Å²) >= 11 is 0. The second kappa shape index (κ2) is 7.97. The Balaban J connectivity index is 1.93. The van der Waals surface area contributed by atoms with Crippen molar-refractivity contribution in [3.05, 3.63) is 17.9 Å². The summed E-state index contributed by atoms with van der Waals surface area (Å²) in [5, 5.41) is -0.417. The third kappa shape index (κ3) is 5.45. The number of nitrogens with one attached hydrogen (secondary N) is 1. The number of hydrogen-bond acceptors (Lipinski definition) is 6. The number of carbonyl (C=O) groups is 1. The molecule has 11 heteroatoms. The van der Waals surface area contributed by atoms with Crippen LogP contribution in [0.5, 0.6) is 0 Å². The number of likely N-dealkylation sites (tertiary alicyclic amines) is 1. The lowest BCUT2D eigenvalue weighted by molar-refractivity contribution is -0.148. The minimum Gasteiger partial charge on any atom is -0.465 e. The van der Waals surface area contributed by atoms with E-state index in [4.69, 9.17) is 4.42 Å². The fourth-order valence-electron chi connectivity index (χ4n) is 2.95. The topological polar surface area (TPSA) is 88.8 Å². The minimum atomic E-state index is -4.24. The van der Waals surface area contributed by atoms with Crippen LogP contribution in [0.15, 0.2) is 21.8 Å². The molecule has 1 aliphatic heterocycles. The van der Waals surface area contributed by atoms with E-state index >= 15 is 0 Å². The molecule has 1 N–H and O–H groups in total. The number of alkyl halides is 3. The molecule has 0 aromatic carbocycles. The van der Waals surface area contributed by atoms with E-state index in [9.17, 15) is 26.4 Å². The van der Waals surface area contributed by atoms with Gasteiger partial charge < -0.3 is 9.15 Å². The Kier molecular flexibility index (Phi) is 6.35. The van der Waals surface area contributed by atoms with E-state index in [1.54, 1.807) is 6.92 Å². The van der Waals surface area contributed by atoms with Crippen LogP contribution in [0.2, 0.25) is 0 Å². The third-order valence-electron chi connectivity index (χ3n) is 4.34. The van der Waals surface area contributed by atoms with E-state index in [2.05, 4.69) is 9.46 Å². The molecule has 7 nitrogen and oxygen atoms in total. The van der Waals surface area contributed by atoms with Gasteiger partial charge in [0.25, 0.3) is 10.0 Å². The van der Waals surface area contributed by atoms with Gasteiger partial charge in [-0.05, 0) is 38.8 Å². The smallest absolute Gasteiger partial charge is 0.401 e. The lowest BCUT2D eigenvalue weighted by Crippen LogP contribution is -2.45. The fourth-order valence-corrected chi connectivity index (χ4v) is 4.20. The molecule has 148 valence electrons. The molecule has 2 heterocycles. The first kappa shape index (κ1) is 20.7. The first-order valence-corrected chi connectivity index (χ1v) is 9.48. The largest absolute Gasteiger partial charge is 0.465 e. The standard InChI is InChI=1S/C15H21F3N2O5S/c1-10(11-3-5-20(6-4-11)9-15(16,17)18)19-26(22,23)13-7-12(8-25-13)14(21)24-2/h7-8,10-11,19H,3-6,9H2,1-2H3/t10-/m1/s1. The Hall–Kier alpha value is -1.59. The van der Waals surface area contributed by atoms with Crippen LogP contribution in [0.4, 0.5) is 13.2 Å². The number of esters is 1. The number of furan rings is 1. The maximum atomic E-state index is 12.4. The van der Waals surface area contributed by atoms with Crippen molar-refractivity contribution >= 4 is 16.0 Å². The predicted octanol–water partition coefficient (Wildman–Crippen LogP) is 2.01. The van der Waals surface area contributed by atoms with Crippen LogP contribution in [-0.4, -0.2) is 58.2 Å². The average molecular weight is 398 g/mol. The molecule has 1 fully saturated rings. The highest BCUT2D eigenvalue weighted by atomic mass is 32.2. The Morgan fingerprint density at radius 3 is 2.58 bits per heavy atom. The van der Waals surface area contributed by atoms with Crippen LogP contribution >= 0.6 is 0 Å². The number of methoxy groups -OCH3 is 1. The molecule has 1 aliphatic rings. The molecule has 0 radical (unpaired) electrons. The van der Waals surface area contributed by atoms with E-state index in [0.717, 1.165) is 19.4 Å². The Labute approximate surface area is 149 Å². The molecule has 0 bridgehead atoms. The van der Waals surface area contributed by atoms with Gasteiger partial charge in [-0.15, -0.1) is 0 Å². The van der Waals surface area contributed by atoms with Gasteiger partial charge in [0, 0.05) is 12.1 Å². The zero-order valence-corrected chi connectivity index (χ0v) is 15.2. The van der Waals surface area contributed by atoms with Gasteiger partial charge >= 0.3 is 12.1 Å². The minimum absolute atomic E-state index is 0.0269. The average Bonchev–Trinajstić information content (AvgIpc) is 3.03. The lowest BCUT2D eigenvalue weighted by atomic mass is 9.91. The molecule has 1 saturated heterocycles. The summed E-state index contributed by atoms with van der Waals surface area (Å²) < 4.78 is 73.8. The molecule has 1 aromatic heterocycles. The van der Waals surface area contributed by atoms with Crippen LogP contribution in [0, 0.1) is 5.92 Å². The van der Waals surface area contributed by atoms with Gasteiger partial charge in [-0.25, -0.2) is 17.9 Å². The second-order valence-corrected chi connectivity index (χ2v) is 7.93. The van der Waals surface area contributed by atoms with Gasteiger partial charge in [0.15, 0.2) is 0 Å². The van der Waals surface area contributed by atoms with Crippen LogP contribution in [0.3, 0.4) is 0 Å². The van der Waals surface area contributed by atoms with Crippen LogP contribution in [0.25, 0.3) is 0 Å². The third-order valence-corrected chi connectivity index (χ3v) is 5.77. The zero-order chi connectivity index (χ0) is 19.5. The number of sulfonamides is 1. The molecule has 1 atom stereocenters. The molecule has 0 unspecified atom stereocenters. The molecule has 1 aromatic rings. The van der Waals surface area contributed by atoms with Crippen molar-refractivity contribution in [3.63, 3.8) is 0 Å². The summed E-state index contributed by atoms with van der Waals surface area (Å²) in [4.78, 5) is 12.7. The quantitative estimate of drug-likeness (QED) is 0.738. The van der Waals surface area contributed by atoms with Gasteiger partial charge in [0.1, 0.15) is 6.26 Å². The van der Waals surface area contributed by atoms with E-state index < -0.39 is 39.8 Å². The van der Waals surface area contributed by atoms with E-state index in [0.29, 0.717) is 12.8 Å². The number of hydrogen-bond donors (Lipinski definition) is 1. The summed E-state index contributed by atoms with van der Waals surface area (Å²) in [5.74, 6) is -0.815.